The van der Waals surface area contributed by atoms with E-state index in [0.717, 1.165) is 61.9 Å². The van der Waals surface area contributed by atoms with E-state index in [9.17, 15) is 9.90 Å². The number of nitrogens with one attached hydrogen (secondary N) is 1. The predicted octanol–water partition coefficient (Wildman–Crippen LogP) is 3.77. The molecule has 2 atom stereocenters. The molecule has 0 amide bonds. The molecule has 2 unspecified atom stereocenters. The molecule has 3 rings (SSSR count). The lowest BCUT2D eigenvalue weighted by Gasteiger charge is -2.35. The van der Waals surface area contributed by atoms with Crippen molar-refractivity contribution >= 4 is 17.3 Å². The minimum atomic E-state index is -0.839. The molecule has 8 nitrogen and oxygen atoms in total. The molecule has 0 saturated carbocycles. The number of benzene rings is 1. The molecule has 2 aromatic rings. The highest BCUT2D eigenvalue weighted by Gasteiger charge is 2.25. The van der Waals surface area contributed by atoms with Crippen LogP contribution in [-0.4, -0.2) is 66.0 Å². The number of carbonyl (C=O) groups is 1. The Kier molecular flexibility index (Phi) is 8.96. The molecule has 1 saturated heterocycles. The second-order valence-electron chi connectivity index (χ2n) is 8.04. The van der Waals surface area contributed by atoms with E-state index in [-0.39, 0.29) is 18.4 Å². The summed E-state index contributed by atoms with van der Waals surface area (Å²) in [6, 6.07) is 6.44. The van der Waals surface area contributed by atoms with Crippen molar-refractivity contribution in [2.24, 2.45) is 0 Å². The number of rotatable bonds is 11. The summed E-state index contributed by atoms with van der Waals surface area (Å²) in [6.07, 6.45) is 5.34. The molecule has 8 heteroatoms. The highest BCUT2D eigenvalue weighted by Crippen LogP contribution is 2.35. The Morgan fingerprint density at radius 3 is 2.56 bits per heavy atom. The summed E-state index contributed by atoms with van der Waals surface area (Å²) < 4.78 is 10.9. The van der Waals surface area contributed by atoms with Crippen LogP contribution in [0.15, 0.2) is 30.6 Å². The molecule has 174 valence electrons. The molecule has 2 N–H and O–H groups in total. The standard InChI is InChI=1S/C24H34N4O4/c1-4-22(28-8-10-32-11-9-28)20-7-6-17(18(16-31-3)13-24(29)30)12-21(20)27-19-14-25-23(5-2)26-15-19/h6-7,12,14-15,18,22,27H,4-5,8-11,13,16H2,1-3H3,(H,29,30). The molecule has 1 aromatic carbocycles. The number of hydrogen-bond acceptors (Lipinski definition) is 7. The number of carboxylic acid groups (broad SMARTS) is 1. The van der Waals surface area contributed by atoms with Crippen molar-refractivity contribution in [2.45, 2.75) is 45.1 Å². The quantitative estimate of drug-likeness (QED) is 0.543. The Bertz CT molecular complexity index is 869. The van der Waals surface area contributed by atoms with Crippen LogP contribution in [0.2, 0.25) is 0 Å². The lowest BCUT2D eigenvalue weighted by atomic mass is 9.91. The SMILES string of the molecule is CCc1ncc(Nc2cc(C(COC)CC(=O)O)ccc2C(CC)N2CCOCC2)cn1. The lowest BCUT2D eigenvalue weighted by molar-refractivity contribution is -0.137. The number of aryl methyl sites for hydroxylation is 1. The monoisotopic (exact) mass is 442 g/mol. The topological polar surface area (TPSA) is 96.8 Å². The fraction of sp³-hybridized carbons (Fsp3) is 0.542. The molecule has 0 radical (unpaired) electrons. The first-order chi connectivity index (χ1) is 15.5. The van der Waals surface area contributed by atoms with Gasteiger partial charge in [-0.3, -0.25) is 9.69 Å². The van der Waals surface area contributed by atoms with Crippen LogP contribution in [0.1, 0.15) is 55.6 Å². The summed E-state index contributed by atoms with van der Waals surface area (Å²) in [5.74, 6) is -0.269. The van der Waals surface area contributed by atoms with E-state index in [2.05, 4.69) is 39.2 Å². The normalized spacial score (nSPS) is 16.5. The van der Waals surface area contributed by atoms with Crippen molar-refractivity contribution < 1.29 is 19.4 Å². The summed E-state index contributed by atoms with van der Waals surface area (Å²) in [6.45, 7) is 7.81. The number of nitrogens with zero attached hydrogens (tertiary/aromatic N) is 3. The molecule has 0 bridgehead atoms. The summed E-state index contributed by atoms with van der Waals surface area (Å²) >= 11 is 0. The second-order valence-corrected chi connectivity index (χ2v) is 8.04. The maximum absolute atomic E-state index is 11.4. The Morgan fingerprint density at radius 2 is 1.97 bits per heavy atom. The zero-order chi connectivity index (χ0) is 22.9. The van der Waals surface area contributed by atoms with Crippen molar-refractivity contribution in [2.75, 3.05) is 45.3 Å². The van der Waals surface area contributed by atoms with Crippen LogP contribution in [0.3, 0.4) is 0 Å². The number of carboxylic acids is 1. The molecule has 2 heterocycles. The Balaban J connectivity index is 1.98. The molecule has 1 fully saturated rings. The highest BCUT2D eigenvalue weighted by molar-refractivity contribution is 5.69. The average Bonchev–Trinajstić information content (AvgIpc) is 2.81. The number of aliphatic carboxylic acids is 1. The van der Waals surface area contributed by atoms with Crippen LogP contribution in [0.25, 0.3) is 0 Å². The van der Waals surface area contributed by atoms with Crippen molar-refractivity contribution in [1.82, 2.24) is 14.9 Å². The van der Waals surface area contributed by atoms with Crippen LogP contribution < -0.4 is 5.32 Å². The number of aromatic nitrogens is 2. The van der Waals surface area contributed by atoms with E-state index in [0.29, 0.717) is 6.61 Å². The van der Waals surface area contributed by atoms with Crippen LogP contribution in [0.5, 0.6) is 0 Å². The van der Waals surface area contributed by atoms with Crippen molar-refractivity contribution in [3.05, 3.63) is 47.5 Å². The molecule has 1 aromatic heterocycles. The largest absolute Gasteiger partial charge is 0.481 e. The van der Waals surface area contributed by atoms with Gasteiger partial charge in [0.25, 0.3) is 0 Å². The molecule has 1 aliphatic rings. The van der Waals surface area contributed by atoms with Crippen molar-refractivity contribution in [3.8, 4) is 0 Å². The molecule has 1 aliphatic heterocycles. The van der Waals surface area contributed by atoms with Gasteiger partial charge in [0.2, 0.25) is 0 Å². The number of methoxy groups -OCH3 is 1. The fourth-order valence-corrected chi connectivity index (χ4v) is 4.23. The van der Waals surface area contributed by atoms with Gasteiger partial charge in [-0.05, 0) is 23.6 Å². The Labute approximate surface area is 190 Å². The number of morpholine rings is 1. The van der Waals surface area contributed by atoms with E-state index in [1.54, 1.807) is 19.5 Å². The first kappa shape index (κ1) is 24.1. The first-order valence-corrected chi connectivity index (χ1v) is 11.3. The molecule has 32 heavy (non-hydrogen) atoms. The summed E-state index contributed by atoms with van der Waals surface area (Å²) in [5.41, 5.74) is 3.85. The second kappa shape index (κ2) is 11.9. The van der Waals surface area contributed by atoms with Gasteiger partial charge in [0.05, 0.1) is 44.3 Å². The fourth-order valence-electron chi connectivity index (χ4n) is 4.23. The highest BCUT2D eigenvalue weighted by atomic mass is 16.5. The van der Waals surface area contributed by atoms with Crippen molar-refractivity contribution in [1.29, 1.82) is 0 Å². The summed E-state index contributed by atoms with van der Waals surface area (Å²) in [5, 5.41) is 12.9. The van der Waals surface area contributed by atoms with Gasteiger partial charge in [-0.2, -0.15) is 0 Å². The van der Waals surface area contributed by atoms with Crippen LogP contribution in [0, 0.1) is 0 Å². The van der Waals surface area contributed by atoms with Gasteiger partial charge in [0, 0.05) is 44.3 Å². The predicted molar refractivity (Wildman–Crippen MR) is 123 cm³/mol. The summed E-state index contributed by atoms with van der Waals surface area (Å²) in [4.78, 5) is 22.7. The third kappa shape index (κ3) is 6.25. The maximum atomic E-state index is 11.4. The minimum absolute atomic E-state index is 0.0155. The molecular formula is C24H34N4O4. The van der Waals surface area contributed by atoms with Gasteiger partial charge < -0.3 is 19.9 Å². The third-order valence-corrected chi connectivity index (χ3v) is 5.87. The van der Waals surface area contributed by atoms with Gasteiger partial charge in [-0.15, -0.1) is 0 Å². The van der Waals surface area contributed by atoms with E-state index < -0.39 is 5.97 Å². The minimum Gasteiger partial charge on any atom is -0.481 e. The number of anilines is 2. The van der Waals surface area contributed by atoms with E-state index in [4.69, 9.17) is 9.47 Å². The summed E-state index contributed by atoms with van der Waals surface area (Å²) in [7, 11) is 1.60. The van der Waals surface area contributed by atoms with E-state index >= 15 is 0 Å². The Morgan fingerprint density at radius 1 is 1.25 bits per heavy atom. The maximum Gasteiger partial charge on any atom is 0.304 e. The molecule has 0 aliphatic carbocycles. The van der Waals surface area contributed by atoms with Gasteiger partial charge in [-0.1, -0.05) is 26.0 Å². The van der Waals surface area contributed by atoms with Crippen LogP contribution in [-0.2, 0) is 20.7 Å². The number of hydrogen-bond donors (Lipinski definition) is 2. The Hall–Kier alpha value is -2.55. The van der Waals surface area contributed by atoms with Gasteiger partial charge >= 0.3 is 5.97 Å². The van der Waals surface area contributed by atoms with Gasteiger partial charge in [0.1, 0.15) is 5.82 Å². The molecular weight excluding hydrogens is 408 g/mol. The zero-order valence-electron chi connectivity index (χ0n) is 19.2. The van der Waals surface area contributed by atoms with Gasteiger partial charge in [-0.25, -0.2) is 9.97 Å². The number of ether oxygens (including phenoxy) is 2. The third-order valence-electron chi connectivity index (χ3n) is 5.87. The zero-order valence-corrected chi connectivity index (χ0v) is 19.2. The van der Waals surface area contributed by atoms with E-state index in [1.807, 2.05) is 13.0 Å². The van der Waals surface area contributed by atoms with E-state index in [1.165, 1.54) is 5.56 Å². The van der Waals surface area contributed by atoms with Crippen LogP contribution >= 0.6 is 0 Å². The first-order valence-electron chi connectivity index (χ1n) is 11.3. The lowest BCUT2D eigenvalue weighted by Crippen LogP contribution is -2.39. The van der Waals surface area contributed by atoms with Crippen LogP contribution in [0.4, 0.5) is 11.4 Å². The van der Waals surface area contributed by atoms with Gasteiger partial charge in [0.15, 0.2) is 0 Å². The smallest absolute Gasteiger partial charge is 0.304 e. The average molecular weight is 443 g/mol. The molecule has 0 spiro atoms. The van der Waals surface area contributed by atoms with Crippen molar-refractivity contribution in [3.63, 3.8) is 0 Å².